The zero-order chi connectivity index (χ0) is 28.1. The van der Waals surface area contributed by atoms with Crippen molar-refractivity contribution < 1.29 is 45.4 Å². The van der Waals surface area contributed by atoms with Gasteiger partial charge in [0, 0.05) is 41.8 Å². The van der Waals surface area contributed by atoms with Gasteiger partial charge in [-0.3, -0.25) is 0 Å². The summed E-state index contributed by atoms with van der Waals surface area (Å²) in [6, 6.07) is 2.09. The lowest BCUT2D eigenvalue weighted by Gasteiger charge is -2.25. The monoisotopic (exact) mass is 564 g/mol. The van der Waals surface area contributed by atoms with E-state index in [1.165, 1.54) is 27.7 Å². The number of halogens is 6. The van der Waals surface area contributed by atoms with Gasteiger partial charge in [-0.2, -0.15) is 26.3 Å². The Bertz CT molecular complexity index is 1230. The quantitative estimate of drug-likeness (QED) is 0.189. The predicted molar refractivity (Wildman–Crippen MR) is 129 cm³/mol. The molecule has 2 aromatic heterocycles. The maximum atomic E-state index is 15.1. The average Bonchev–Trinajstić information content (AvgIpc) is 3.36. The maximum Gasteiger partial charge on any atom is 0.380 e. The number of carbonyl (C=O) groups excluding carboxylic acids is 2. The number of allylic oxidation sites excluding steroid dienone is 2. The summed E-state index contributed by atoms with van der Waals surface area (Å²) in [6.07, 6.45) is 0. The molecule has 0 atom stereocenters. The zero-order valence-electron chi connectivity index (χ0n) is 20.2. The van der Waals surface area contributed by atoms with Crippen LogP contribution in [-0.4, -0.2) is 29.7 Å². The van der Waals surface area contributed by atoms with Crippen molar-refractivity contribution in [3.8, 4) is 0 Å². The van der Waals surface area contributed by atoms with Crippen molar-refractivity contribution >= 4 is 45.8 Å². The van der Waals surface area contributed by atoms with Crippen LogP contribution in [-0.2, 0) is 32.3 Å². The van der Waals surface area contributed by atoms with E-state index in [2.05, 4.69) is 13.2 Å². The van der Waals surface area contributed by atoms with Crippen molar-refractivity contribution in [1.29, 1.82) is 0 Å². The summed E-state index contributed by atoms with van der Waals surface area (Å²) in [7, 11) is 0. The summed E-state index contributed by atoms with van der Waals surface area (Å²) in [4.78, 5) is 23.8. The molecule has 0 aromatic carbocycles. The third-order valence-electron chi connectivity index (χ3n) is 5.53. The van der Waals surface area contributed by atoms with Crippen LogP contribution in [0.4, 0.5) is 26.3 Å². The first-order chi connectivity index (χ1) is 16.9. The first-order valence-electron chi connectivity index (χ1n) is 10.7. The van der Waals surface area contributed by atoms with E-state index in [0.29, 0.717) is 0 Å². The van der Waals surface area contributed by atoms with Crippen LogP contribution in [0, 0.1) is 13.8 Å². The Balaban J connectivity index is 2.15. The van der Waals surface area contributed by atoms with Crippen LogP contribution in [0.25, 0.3) is 11.1 Å². The lowest BCUT2D eigenvalue weighted by molar-refractivity contribution is -0.254. The summed E-state index contributed by atoms with van der Waals surface area (Å²) in [5.41, 5.74) is -3.83. The molecule has 1 aliphatic carbocycles. The van der Waals surface area contributed by atoms with Crippen molar-refractivity contribution in [3.63, 3.8) is 0 Å². The van der Waals surface area contributed by atoms with Crippen molar-refractivity contribution in [2.24, 2.45) is 0 Å². The molecule has 0 amide bonds. The van der Waals surface area contributed by atoms with Crippen LogP contribution < -0.4 is 0 Å². The second-order valence-electron chi connectivity index (χ2n) is 8.55. The van der Waals surface area contributed by atoms with Crippen LogP contribution >= 0.6 is 22.7 Å². The normalized spacial score (nSPS) is 17.6. The van der Waals surface area contributed by atoms with E-state index in [9.17, 15) is 18.4 Å². The fourth-order valence-corrected chi connectivity index (χ4v) is 5.60. The van der Waals surface area contributed by atoms with Gasteiger partial charge in [-0.15, -0.1) is 22.7 Å². The summed E-state index contributed by atoms with van der Waals surface area (Å²) in [6.45, 7) is 11.5. The molecule has 0 saturated carbocycles. The highest BCUT2D eigenvalue weighted by atomic mass is 32.1. The second-order valence-corrected chi connectivity index (χ2v) is 11.2. The SMILES string of the molecule is C=C(C)C(=O)OCc1cc(C2=C(c3cc(COC(=O)C(=C)C)sc3C)C(F)(F)C(F)(F)C2(F)F)c(C)s1. The smallest absolute Gasteiger partial charge is 0.380 e. The molecule has 0 unspecified atom stereocenters. The van der Waals surface area contributed by atoms with E-state index in [0.717, 1.165) is 34.8 Å². The predicted octanol–water partition coefficient (Wildman–Crippen LogP) is 7.50. The van der Waals surface area contributed by atoms with Crippen LogP contribution in [0.5, 0.6) is 0 Å². The molecule has 0 radical (unpaired) electrons. The topological polar surface area (TPSA) is 52.6 Å². The van der Waals surface area contributed by atoms with Crippen molar-refractivity contribution in [1.82, 2.24) is 0 Å². The van der Waals surface area contributed by atoms with E-state index in [1.807, 2.05) is 0 Å². The molecule has 0 N–H and O–H groups in total. The molecule has 0 fully saturated rings. The first-order valence-corrected chi connectivity index (χ1v) is 12.3. The van der Waals surface area contributed by atoms with E-state index in [1.54, 1.807) is 0 Å². The molecule has 0 saturated heterocycles. The van der Waals surface area contributed by atoms with Crippen LogP contribution in [0.1, 0.15) is 44.5 Å². The minimum Gasteiger partial charge on any atom is -0.457 e. The van der Waals surface area contributed by atoms with E-state index in [4.69, 9.17) is 9.47 Å². The number of hydrogen-bond donors (Lipinski definition) is 0. The number of hydrogen-bond acceptors (Lipinski definition) is 6. The molecule has 2 heterocycles. The van der Waals surface area contributed by atoms with Gasteiger partial charge in [0.2, 0.25) is 0 Å². The summed E-state index contributed by atoms with van der Waals surface area (Å²) >= 11 is 1.70. The Morgan fingerprint density at radius 3 is 1.38 bits per heavy atom. The number of carbonyl (C=O) groups is 2. The lowest BCUT2D eigenvalue weighted by Crippen LogP contribution is -2.48. The summed E-state index contributed by atoms with van der Waals surface area (Å²) in [5.74, 6) is -17.7. The molecule has 200 valence electrons. The minimum absolute atomic E-state index is 0.0607. The van der Waals surface area contributed by atoms with Gasteiger partial charge in [-0.1, -0.05) is 13.2 Å². The van der Waals surface area contributed by atoms with Crippen molar-refractivity contribution in [2.45, 2.75) is 58.7 Å². The highest BCUT2D eigenvalue weighted by molar-refractivity contribution is 7.12. The molecule has 0 bridgehead atoms. The summed E-state index contributed by atoms with van der Waals surface area (Å²) < 4.78 is 99.8. The Morgan fingerprint density at radius 2 is 1.08 bits per heavy atom. The Morgan fingerprint density at radius 1 is 0.757 bits per heavy atom. The van der Waals surface area contributed by atoms with E-state index < -0.39 is 52.0 Å². The van der Waals surface area contributed by atoms with Crippen LogP contribution in [0.2, 0.25) is 0 Å². The molecule has 4 nitrogen and oxygen atoms in total. The van der Waals surface area contributed by atoms with Crippen molar-refractivity contribution in [2.75, 3.05) is 0 Å². The highest BCUT2D eigenvalue weighted by Crippen LogP contribution is 2.65. The third kappa shape index (κ3) is 4.88. The van der Waals surface area contributed by atoms with E-state index >= 15 is 17.6 Å². The van der Waals surface area contributed by atoms with Crippen molar-refractivity contribution in [3.05, 3.63) is 67.1 Å². The number of ether oxygens (including phenoxy) is 2. The van der Waals surface area contributed by atoms with Gasteiger partial charge in [-0.25, -0.2) is 9.59 Å². The fraction of sp³-hybridized carbons (Fsp3) is 0.360. The highest BCUT2D eigenvalue weighted by Gasteiger charge is 2.80. The maximum absolute atomic E-state index is 15.1. The molecule has 37 heavy (non-hydrogen) atoms. The Labute approximate surface area is 216 Å². The fourth-order valence-electron chi connectivity index (χ4n) is 3.68. The molecule has 0 spiro atoms. The van der Waals surface area contributed by atoms with Gasteiger partial charge in [-0.05, 0) is 51.0 Å². The minimum atomic E-state index is -5.72. The Kier molecular flexibility index (Phi) is 7.59. The number of esters is 2. The molecule has 12 heteroatoms. The number of aryl methyl sites for hydroxylation is 2. The van der Waals surface area contributed by atoms with Gasteiger partial charge in [0.1, 0.15) is 13.2 Å². The molecule has 3 rings (SSSR count). The lowest BCUT2D eigenvalue weighted by atomic mass is 9.95. The number of thiophene rings is 2. The molecular formula is C25H22F6O4S2. The largest absolute Gasteiger partial charge is 0.457 e. The van der Waals surface area contributed by atoms with Gasteiger partial charge in [0.15, 0.2) is 0 Å². The molecule has 2 aromatic rings. The van der Waals surface area contributed by atoms with Gasteiger partial charge >= 0.3 is 29.7 Å². The third-order valence-corrected chi connectivity index (χ3v) is 7.58. The van der Waals surface area contributed by atoms with Crippen LogP contribution in [0.3, 0.4) is 0 Å². The average molecular weight is 565 g/mol. The van der Waals surface area contributed by atoms with E-state index in [-0.39, 0.29) is 43.9 Å². The molecule has 0 aliphatic heterocycles. The standard InChI is InChI=1S/C25H22F6O4S2/c1-11(2)21(32)34-9-15-7-17(13(5)36-15)19-20(24(28,29)25(30,31)23(19,26)27)18-8-16(37-14(18)6)10-35-22(33)12(3)4/h7-8H,1,3,9-10H2,2,4-6H3. The first kappa shape index (κ1) is 28.7. The number of alkyl halides is 6. The zero-order valence-corrected chi connectivity index (χ0v) is 21.8. The Hall–Kier alpha value is -2.86. The van der Waals surface area contributed by atoms with Gasteiger partial charge in [0.05, 0.1) is 0 Å². The number of rotatable bonds is 8. The summed E-state index contributed by atoms with van der Waals surface area (Å²) in [5, 5.41) is 0. The van der Waals surface area contributed by atoms with Crippen LogP contribution in [0.15, 0.2) is 36.4 Å². The van der Waals surface area contributed by atoms with Gasteiger partial charge < -0.3 is 9.47 Å². The molecule has 1 aliphatic rings. The van der Waals surface area contributed by atoms with Gasteiger partial charge in [0.25, 0.3) is 0 Å². The second kappa shape index (κ2) is 9.79. The molecular weight excluding hydrogens is 542 g/mol.